The molecule has 0 heterocycles. The highest BCUT2D eigenvalue weighted by atomic mass is 16.5. The summed E-state index contributed by atoms with van der Waals surface area (Å²) in [5, 5.41) is 12.7. The van der Waals surface area contributed by atoms with E-state index in [-0.39, 0.29) is 6.61 Å². The summed E-state index contributed by atoms with van der Waals surface area (Å²) in [7, 11) is 0. The molecular formula is C14H21NO3. The first-order chi connectivity index (χ1) is 8.50. The van der Waals surface area contributed by atoms with Gasteiger partial charge in [0, 0.05) is 12.6 Å². The lowest BCUT2D eigenvalue weighted by atomic mass is 10.1. The first-order valence-corrected chi connectivity index (χ1v) is 6.15. The summed E-state index contributed by atoms with van der Waals surface area (Å²) in [6, 6.07) is 7.53. The lowest BCUT2D eigenvalue weighted by molar-refractivity contribution is 0.0255. The number of aliphatic hydroxyl groups is 1. The predicted molar refractivity (Wildman–Crippen MR) is 70.6 cm³/mol. The normalized spacial score (nSPS) is 12.5. The third kappa shape index (κ3) is 4.85. The second-order valence-electron chi connectivity index (χ2n) is 4.63. The van der Waals surface area contributed by atoms with Gasteiger partial charge in [0.1, 0.15) is 12.7 Å². The van der Waals surface area contributed by atoms with E-state index in [4.69, 9.17) is 4.74 Å². The summed E-state index contributed by atoms with van der Waals surface area (Å²) in [5.41, 5.74) is 1.42. The number of nitrogens with one attached hydrogen (secondary N) is 1. The van der Waals surface area contributed by atoms with Crippen molar-refractivity contribution in [3.05, 3.63) is 35.4 Å². The third-order valence-corrected chi connectivity index (χ3v) is 2.53. The van der Waals surface area contributed by atoms with Crippen LogP contribution < -0.4 is 5.32 Å². The van der Waals surface area contributed by atoms with Crippen LogP contribution in [0.2, 0.25) is 0 Å². The van der Waals surface area contributed by atoms with Crippen molar-refractivity contribution in [1.82, 2.24) is 5.32 Å². The maximum atomic E-state index is 11.8. The summed E-state index contributed by atoms with van der Waals surface area (Å²) >= 11 is 0. The smallest absolute Gasteiger partial charge is 0.338 e. The third-order valence-electron chi connectivity index (χ3n) is 2.53. The Bertz CT molecular complexity index is 390. The minimum absolute atomic E-state index is 0.00683. The molecule has 0 saturated heterocycles. The number of rotatable bonds is 6. The Balaban J connectivity index is 2.40. The van der Waals surface area contributed by atoms with Gasteiger partial charge in [-0.05, 0) is 18.6 Å². The lowest BCUT2D eigenvalue weighted by Gasteiger charge is -2.14. The van der Waals surface area contributed by atoms with Crippen molar-refractivity contribution in [3.63, 3.8) is 0 Å². The summed E-state index contributed by atoms with van der Waals surface area (Å²) in [4.78, 5) is 11.8. The maximum absolute atomic E-state index is 11.8. The molecule has 0 unspecified atom stereocenters. The molecule has 1 aromatic carbocycles. The average molecular weight is 251 g/mol. The molecule has 0 bridgehead atoms. The van der Waals surface area contributed by atoms with E-state index in [2.05, 4.69) is 5.32 Å². The Kier molecular flexibility index (Phi) is 5.82. The maximum Gasteiger partial charge on any atom is 0.338 e. The van der Waals surface area contributed by atoms with Crippen molar-refractivity contribution in [3.8, 4) is 0 Å². The second kappa shape index (κ2) is 7.13. The van der Waals surface area contributed by atoms with E-state index in [1.54, 1.807) is 12.1 Å². The summed E-state index contributed by atoms with van der Waals surface area (Å²) in [6.45, 7) is 6.26. The minimum Gasteiger partial charge on any atom is -0.459 e. The van der Waals surface area contributed by atoms with Gasteiger partial charge in [-0.1, -0.05) is 32.0 Å². The van der Waals surface area contributed by atoms with E-state index in [1.165, 1.54) is 0 Å². The zero-order chi connectivity index (χ0) is 13.5. The molecule has 4 heteroatoms. The van der Waals surface area contributed by atoms with E-state index < -0.39 is 12.1 Å². The number of aliphatic hydroxyl groups excluding tert-OH is 1. The highest BCUT2D eigenvalue weighted by Crippen LogP contribution is 2.08. The Hall–Kier alpha value is -1.39. The van der Waals surface area contributed by atoms with Crippen LogP contribution in [0.15, 0.2) is 24.3 Å². The Morgan fingerprint density at radius 1 is 1.39 bits per heavy atom. The molecule has 1 aromatic rings. The van der Waals surface area contributed by atoms with E-state index in [0.717, 1.165) is 5.56 Å². The van der Waals surface area contributed by atoms with Crippen LogP contribution in [0, 0.1) is 6.92 Å². The molecular weight excluding hydrogens is 230 g/mol. The molecule has 2 N–H and O–H groups in total. The number of ether oxygens (including phenoxy) is 1. The molecule has 1 rings (SSSR count). The first-order valence-electron chi connectivity index (χ1n) is 6.15. The highest BCUT2D eigenvalue weighted by molar-refractivity contribution is 5.90. The van der Waals surface area contributed by atoms with Crippen molar-refractivity contribution in [2.45, 2.75) is 32.9 Å². The predicted octanol–water partition coefficient (Wildman–Crippen LogP) is 1.51. The SMILES string of the molecule is Cc1ccccc1C(=O)OC[C@H](O)CNC(C)C. The van der Waals surface area contributed by atoms with Gasteiger partial charge >= 0.3 is 5.97 Å². The van der Waals surface area contributed by atoms with Gasteiger partial charge in [-0.15, -0.1) is 0 Å². The molecule has 0 aliphatic carbocycles. The summed E-state index contributed by atoms with van der Waals surface area (Å²) in [5.74, 6) is -0.392. The number of carbonyl (C=O) groups excluding carboxylic acids is 1. The topological polar surface area (TPSA) is 58.6 Å². The van der Waals surface area contributed by atoms with Crippen molar-refractivity contribution in [2.75, 3.05) is 13.2 Å². The Morgan fingerprint density at radius 3 is 2.67 bits per heavy atom. The van der Waals surface area contributed by atoms with E-state index in [1.807, 2.05) is 32.9 Å². The van der Waals surface area contributed by atoms with Crippen molar-refractivity contribution < 1.29 is 14.6 Å². The standard InChI is InChI=1S/C14H21NO3/c1-10(2)15-8-12(16)9-18-14(17)13-7-5-4-6-11(13)3/h4-7,10,12,15-16H,8-9H2,1-3H3/t12-/m1/s1. The van der Waals surface area contributed by atoms with E-state index in [0.29, 0.717) is 18.2 Å². The first kappa shape index (κ1) is 14.7. The van der Waals surface area contributed by atoms with Crippen LogP contribution in [0.25, 0.3) is 0 Å². The molecule has 0 radical (unpaired) electrons. The van der Waals surface area contributed by atoms with Gasteiger partial charge in [0.25, 0.3) is 0 Å². The number of benzene rings is 1. The lowest BCUT2D eigenvalue weighted by Crippen LogP contribution is -2.35. The Labute approximate surface area is 108 Å². The van der Waals surface area contributed by atoms with Gasteiger partial charge in [-0.25, -0.2) is 4.79 Å². The van der Waals surface area contributed by atoms with Crippen LogP contribution in [-0.2, 0) is 4.74 Å². The van der Waals surface area contributed by atoms with Gasteiger partial charge in [-0.2, -0.15) is 0 Å². The fraction of sp³-hybridized carbons (Fsp3) is 0.500. The average Bonchev–Trinajstić information content (AvgIpc) is 2.34. The molecule has 0 spiro atoms. The van der Waals surface area contributed by atoms with Crippen molar-refractivity contribution >= 4 is 5.97 Å². The molecule has 4 nitrogen and oxygen atoms in total. The quantitative estimate of drug-likeness (QED) is 0.752. The van der Waals surface area contributed by atoms with Gasteiger partial charge < -0.3 is 15.2 Å². The monoisotopic (exact) mass is 251 g/mol. The van der Waals surface area contributed by atoms with Gasteiger partial charge in [0.05, 0.1) is 5.56 Å². The zero-order valence-corrected chi connectivity index (χ0v) is 11.1. The van der Waals surface area contributed by atoms with Crippen LogP contribution in [0.3, 0.4) is 0 Å². The number of aryl methyl sites for hydroxylation is 1. The molecule has 0 amide bonds. The molecule has 0 aromatic heterocycles. The van der Waals surface area contributed by atoms with Crippen LogP contribution in [0.1, 0.15) is 29.8 Å². The zero-order valence-electron chi connectivity index (χ0n) is 11.1. The fourth-order valence-electron chi connectivity index (χ4n) is 1.48. The Morgan fingerprint density at radius 2 is 2.06 bits per heavy atom. The second-order valence-corrected chi connectivity index (χ2v) is 4.63. The fourth-order valence-corrected chi connectivity index (χ4v) is 1.48. The van der Waals surface area contributed by atoms with Crippen molar-refractivity contribution in [1.29, 1.82) is 0 Å². The van der Waals surface area contributed by atoms with Gasteiger partial charge in [0.2, 0.25) is 0 Å². The molecule has 100 valence electrons. The molecule has 0 fully saturated rings. The molecule has 0 aliphatic rings. The van der Waals surface area contributed by atoms with Crippen LogP contribution in [0.4, 0.5) is 0 Å². The van der Waals surface area contributed by atoms with Gasteiger partial charge in [0.15, 0.2) is 0 Å². The minimum atomic E-state index is -0.680. The van der Waals surface area contributed by atoms with Crippen LogP contribution in [-0.4, -0.2) is 36.4 Å². The number of hydrogen-bond acceptors (Lipinski definition) is 4. The summed E-state index contributed by atoms with van der Waals surface area (Å²) < 4.78 is 5.07. The highest BCUT2D eigenvalue weighted by Gasteiger charge is 2.12. The summed E-state index contributed by atoms with van der Waals surface area (Å²) in [6.07, 6.45) is -0.680. The van der Waals surface area contributed by atoms with Crippen molar-refractivity contribution in [2.24, 2.45) is 0 Å². The number of hydrogen-bond donors (Lipinski definition) is 2. The number of carbonyl (C=O) groups is 1. The largest absolute Gasteiger partial charge is 0.459 e. The molecule has 0 aliphatic heterocycles. The van der Waals surface area contributed by atoms with Gasteiger partial charge in [-0.3, -0.25) is 0 Å². The molecule has 18 heavy (non-hydrogen) atoms. The van der Waals surface area contributed by atoms with Crippen LogP contribution >= 0.6 is 0 Å². The van der Waals surface area contributed by atoms with E-state index in [9.17, 15) is 9.90 Å². The van der Waals surface area contributed by atoms with Crippen LogP contribution in [0.5, 0.6) is 0 Å². The van der Waals surface area contributed by atoms with E-state index >= 15 is 0 Å². The molecule has 1 atom stereocenters. The molecule has 0 saturated carbocycles. The number of esters is 1.